The van der Waals surface area contributed by atoms with Crippen LogP contribution >= 0.6 is 0 Å². The monoisotopic (exact) mass is 368 g/mol. The number of hydrogen-bond donors (Lipinski definition) is 1. The highest BCUT2D eigenvalue weighted by Gasteiger charge is 2.36. The Kier molecular flexibility index (Phi) is 3.93. The SMILES string of the molecule is CN1C[C@H](C(=O)O)C=C2c3cccc4c3c(cn4C(=O)OC(C)(C)C)C[C@H]21. The molecule has 0 amide bonds. The zero-order chi connectivity index (χ0) is 19.5. The van der Waals surface area contributed by atoms with Crippen molar-refractivity contribution in [2.75, 3.05) is 13.6 Å². The highest BCUT2D eigenvalue weighted by atomic mass is 16.6. The van der Waals surface area contributed by atoms with Gasteiger partial charge in [-0.1, -0.05) is 18.2 Å². The molecular weight excluding hydrogens is 344 g/mol. The Hall–Kier alpha value is -2.60. The summed E-state index contributed by atoms with van der Waals surface area (Å²) in [7, 11) is 1.96. The molecule has 2 aromatic rings. The van der Waals surface area contributed by atoms with Crippen molar-refractivity contribution in [2.24, 2.45) is 5.92 Å². The molecule has 1 aromatic heterocycles. The second-order valence-corrected chi connectivity index (χ2v) is 8.43. The van der Waals surface area contributed by atoms with Crippen LogP contribution in [-0.4, -0.2) is 51.9 Å². The van der Waals surface area contributed by atoms with Crippen LogP contribution in [0.2, 0.25) is 0 Å². The summed E-state index contributed by atoms with van der Waals surface area (Å²) in [5.74, 6) is -1.33. The molecule has 142 valence electrons. The molecule has 0 saturated heterocycles. The molecule has 27 heavy (non-hydrogen) atoms. The average Bonchev–Trinajstić information content (AvgIpc) is 2.94. The maximum absolute atomic E-state index is 12.7. The molecule has 0 saturated carbocycles. The molecule has 1 aliphatic heterocycles. The van der Waals surface area contributed by atoms with Crippen LogP contribution in [0.3, 0.4) is 0 Å². The van der Waals surface area contributed by atoms with E-state index in [-0.39, 0.29) is 6.04 Å². The minimum atomic E-state index is -0.808. The number of nitrogens with zero attached hydrogens (tertiary/aromatic N) is 2. The highest BCUT2D eigenvalue weighted by Crippen LogP contribution is 2.41. The van der Waals surface area contributed by atoms with Crippen molar-refractivity contribution in [1.82, 2.24) is 9.47 Å². The predicted molar refractivity (Wildman–Crippen MR) is 103 cm³/mol. The average molecular weight is 368 g/mol. The number of likely N-dealkylation sites (N-methyl/N-ethyl adjacent to an activating group) is 1. The van der Waals surface area contributed by atoms with Gasteiger partial charge >= 0.3 is 12.1 Å². The van der Waals surface area contributed by atoms with Crippen LogP contribution in [0, 0.1) is 5.92 Å². The van der Waals surface area contributed by atoms with Crippen LogP contribution in [0.25, 0.3) is 16.5 Å². The lowest BCUT2D eigenvalue weighted by Crippen LogP contribution is -2.44. The lowest BCUT2D eigenvalue weighted by molar-refractivity contribution is -0.140. The fraction of sp³-hybridized carbons (Fsp3) is 0.429. The Labute approximate surface area is 158 Å². The number of carbonyl (C=O) groups excluding carboxylic acids is 1. The predicted octanol–water partition coefficient (Wildman–Crippen LogP) is 3.38. The molecule has 6 nitrogen and oxygen atoms in total. The van der Waals surface area contributed by atoms with Crippen molar-refractivity contribution in [2.45, 2.75) is 38.8 Å². The molecule has 4 rings (SSSR count). The maximum atomic E-state index is 12.7. The smallest absolute Gasteiger partial charge is 0.419 e. The summed E-state index contributed by atoms with van der Waals surface area (Å²) < 4.78 is 7.13. The molecule has 1 aliphatic carbocycles. The maximum Gasteiger partial charge on any atom is 0.419 e. The van der Waals surface area contributed by atoms with Crippen LogP contribution in [0.1, 0.15) is 31.9 Å². The van der Waals surface area contributed by atoms with E-state index >= 15 is 0 Å². The molecule has 0 fully saturated rings. The van der Waals surface area contributed by atoms with Gasteiger partial charge in [0, 0.05) is 24.2 Å². The second kappa shape index (κ2) is 5.96. The normalized spacial score (nSPS) is 22.3. The van der Waals surface area contributed by atoms with Crippen molar-refractivity contribution >= 4 is 28.5 Å². The Morgan fingerprint density at radius 2 is 2.00 bits per heavy atom. The summed E-state index contributed by atoms with van der Waals surface area (Å²) in [5, 5.41) is 10.5. The number of carboxylic acid groups (broad SMARTS) is 1. The third-order valence-electron chi connectivity index (χ3n) is 5.30. The van der Waals surface area contributed by atoms with Gasteiger partial charge in [0.1, 0.15) is 5.60 Å². The zero-order valence-electron chi connectivity index (χ0n) is 16.0. The van der Waals surface area contributed by atoms with Gasteiger partial charge < -0.3 is 9.84 Å². The van der Waals surface area contributed by atoms with E-state index in [9.17, 15) is 14.7 Å². The van der Waals surface area contributed by atoms with Crippen LogP contribution in [0.15, 0.2) is 30.5 Å². The fourth-order valence-corrected chi connectivity index (χ4v) is 4.17. The van der Waals surface area contributed by atoms with E-state index in [2.05, 4.69) is 4.90 Å². The summed E-state index contributed by atoms with van der Waals surface area (Å²) in [6.07, 6.45) is 4.11. The highest BCUT2D eigenvalue weighted by molar-refractivity contribution is 6.02. The quantitative estimate of drug-likeness (QED) is 0.835. The first kappa shape index (κ1) is 17.8. The van der Waals surface area contributed by atoms with E-state index in [0.29, 0.717) is 6.54 Å². The van der Waals surface area contributed by atoms with Crippen LogP contribution < -0.4 is 0 Å². The first-order chi connectivity index (χ1) is 12.7. The number of aromatic nitrogens is 1. The number of fused-ring (bicyclic) bond motifs is 2. The van der Waals surface area contributed by atoms with Crippen molar-refractivity contribution in [3.8, 4) is 0 Å². The molecule has 0 spiro atoms. The van der Waals surface area contributed by atoms with E-state index in [1.165, 1.54) is 0 Å². The lowest BCUT2D eigenvalue weighted by atomic mass is 9.80. The fourth-order valence-electron chi connectivity index (χ4n) is 4.17. The first-order valence-corrected chi connectivity index (χ1v) is 9.17. The van der Waals surface area contributed by atoms with Gasteiger partial charge in [-0.15, -0.1) is 0 Å². The largest absolute Gasteiger partial charge is 0.481 e. The Morgan fingerprint density at radius 1 is 1.26 bits per heavy atom. The van der Waals surface area contributed by atoms with Crippen LogP contribution in [0.5, 0.6) is 0 Å². The molecule has 0 radical (unpaired) electrons. The minimum Gasteiger partial charge on any atom is -0.481 e. The molecule has 0 bridgehead atoms. The van der Waals surface area contributed by atoms with E-state index < -0.39 is 23.6 Å². The van der Waals surface area contributed by atoms with Gasteiger partial charge in [0.2, 0.25) is 0 Å². The minimum absolute atomic E-state index is 0.119. The summed E-state index contributed by atoms with van der Waals surface area (Å²) in [5.41, 5.74) is 3.37. The molecule has 1 aromatic carbocycles. The van der Waals surface area contributed by atoms with Gasteiger partial charge in [-0.3, -0.25) is 14.3 Å². The summed E-state index contributed by atoms with van der Waals surface area (Å²) >= 11 is 0. The van der Waals surface area contributed by atoms with Gasteiger partial charge in [-0.2, -0.15) is 0 Å². The second-order valence-electron chi connectivity index (χ2n) is 8.43. The lowest BCUT2D eigenvalue weighted by Gasteiger charge is -2.38. The molecule has 2 atom stereocenters. The standard InChI is InChI=1S/C21H24N2O4/c1-21(2,3)27-20(26)23-11-12-9-17-15(8-13(19(24)25)10-22(17)4)14-6-5-7-16(23)18(12)14/h5-8,11,13,17H,9-10H2,1-4H3,(H,24,25)/t13-,17-/m1/s1. The van der Waals surface area contributed by atoms with Crippen molar-refractivity contribution < 1.29 is 19.4 Å². The Morgan fingerprint density at radius 3 is 2.67 bits per heavy atom. The van der Waals surface area contributed by atoms with Crippen LogP contribution in [-0.2, 0) is 16.0 Å². The number of carbonyl (C=O) groups is 2. The number of aliphatic carboxylic acids is 1. The summed E-state index contributed by atoms with van der Waals surface area (Å²) in [6, 6.07) is 5.96. The molecule has 2 aliphatic rings. The Bertz CT molecular complexity index is 980. The summed E-state index contributed by atoms with van der Waals surface area (Å²) in [4.78, 5) is 26.3. The molecule has 2 heterocycles. The van der Waals surface area contributed by atoms with Crippen molar-refractivity contribution in [3.63, 3.8) is 0 Å². The third kappa shape index (κ3) is 2.94. The number of benzene rings is 1. The van der Waals surface area contributed by atoms with Crippen molar-refractivity contribution in [3.05, 3.63) is 41.6 Å². The molecular formula is C21H24N2O4. The Balaban J connectivity index is 1.86. The van der Waals surface area contributed by atoms with Gasteiger partial charge in [0.15, 0.2) is 0 Å². The number of ether oxygens (including phenoxy) is 1. The van der Waals surface area contributed by atoms with E-state index in [1.54, 1.807) is 4.57 Å². The van der Waals surface area contributed by atoms with E-state index in [1.807, 2.05) is 58.3 Å². The molecule has 6 heteroatoms. The first-order valence-electron chi connectivity index (χ1n) is 9.17. The van der Waals surface area contributed by atoms with Gasteiger partial charge in [-0.25, -0.2) is 4.79 Å². The number of hydrogen-bond acceptors (Lipinski definition) is 4. The zero-order valence-corrected chi connectivity index (χ0v) is 16.0. The summed E-state index contributed by atoms with van der Waals surface area (Å²) in [6.45, 7) is 6.03. The van der Waals surface area contributed by atoms with Gasteiger partial charge in [0.25, 0.3) is 0 Å². The van der Waals surface area contributed by atoms with Gasteiger partial charge in [-0.05, 0) is 57.0 Å². The number of rotatable bonds is 1. The van der Waals surface area contributed by atoms with Gasteiger partial charge in [0.05, 0.1) is 11.4 Å². The molecule has 1 N–H and O–H groups in total. The topological polar surface area (TPSA) is 71.8 Å². The molecule has 0 unspecified atom stereocenters. The van der Waals surface area contributed by atoms with Crippen LogP contribution in [0.4, 0.5) is 4.79 Å². The van der Waals surface area contributed by atoms with E-state index in [0.717, 1.165) is 34.0 Å². The van der Waals surface area contributed by atoms with E-state index in [4.69, 9.17) is 4.74 Å². The van der Waals surface area contributed by atoms with Crippen molar-refractivity contribution in [1.29, 1.82) is 0 Å². The third-order valence-corrected chi connectivity index (χ3v) is 5.30. The number of carboxylic acids is 1.